The number of aromatic nitrogens is 2. The number of aliphatic hydroxyl groups excluding tert-OH is 1. The van der Waals surface area contributed by atoms with Crippen LogP contribution in [0.2, 0.25) is 0 Å². The van der Waals surface area contributed by atoms with E-state index in [9.17, 15) is 9.90 Å². The molecule has 126 valence electrons. The molecule has 0 radical (unpaired) electrons. The van der Waals surface area contributed by atoms with Gasteiger partial charge in [0.2, 0.25) is 0 Å². The van der Waals surface area contributed by atoms with E-state index in [1.165, 1.54) is 0 Å². The normalized spacial score (nSPS) is 12.5. The zero-order chi connectivity index (χ0) is 17.2. The molecule has 0 spiro atoms. The van der Waals surface area contributed by atoms with E-state index >= 15 is 0 Å². The lowest BCUT2D eigenvalue weighted by atomic mass is 10.0. The van der Waals surface area contributed by atoms with Crippen LogP contribution in [0.15, 0.2) is 60.9 Å². The van der Waals surface area contributed by atoms with Crippen LogP contribution in [0.4, 0.5) is 0 Å². The van der Waals surface area contributed by atoms with Crippen molar-refractivity contribution >= 4 is 27.7 Å². The Morgan fingerprint density at radius 2 is 1.96 bits per heavy atom. The van der Waals surface area contributed by atoms with Crippen LogP contribution in [0.25, 0.3) is 21.8 Å². The number of H-pyrrole nitrogens is 2. The van der Waals surface area contributed by atoms with Gasteiger partial charge in [-0.3, -0.25) is 4.79 Å². The van der Waals surface area contributed by atoms with Gasteiger partial charge >= 0.3 is 0 Å². The van der Waals surface area contributed by atoms with Gasteiger partial charge in [-0.2, -0.15) is 0 Å². The smallest absolute Gasteiger partial charge is 0.251 e. The molecule has 25 heavy (non-hydrogen) atoms. The van der Waals surface area contributed by atoms with Gasteiger partial charge in [-0.1, -0.05) is 18.2 Å². The van der Waals surface area contributed by atoms with Crippen LogP contribution in [0.1, 0.15) is 15.9 Å². The van der Waals surface area contributed by atoms with Gasteiger partial charge in [0.1, 0.15) is 0 Å². The van der Waals surface area contributed by atoms with Gasteiger partial charge in [0.25, 0.3) is 5.91 Å². The summed E-state index contributed by atoms with van der Waals surface area (Å²) in [7, 11) is 0. The molecule has 4 rings (SSSR count). The van der Waals surface area contributed by atoms with Crippen molar-refractivity contribution in [3.05, 3.63) is 72.1 Å². The molecule has 4 aromatic rings. The summed E-state index contributed by atoms with van der Waals surface area (Å²) in [6.07, 6.45) is 4.35. The van der Waals surface area contributed by atoms with Crippen molar-refractivity contribution in [2.24, 2.45) is 0 Å². The number of para-hydroxylation sites is 1. The second-order valence-corrected chi connectivity index (χ2v) is 6.20. The number of hydrogen-bond donors (Lipinski definition) is 4. The van der Waals surface area contributed by atoms with Gasteiger partial charge in [0.15, 0.2) is 0 Å². The lowest BCUT2D eigenvalue weighted by Gasteiger charge is -2.16. The molecule has 2 aromatic heterocycles. The van der Waals surface area contributed by atoms with E-state index in [0.717, 1.165) is 27.4 Å². The Labute approximate surface area is 144 Å². The van der Waals surface area contributed by atoms with Gasteiger partial charge < -0.3 is 20.4 Å². The number of carbonyl (C=O) groups is 1. The number of amides is 1. The fourth-order valence-electron chi connectivity index (χ4n) is 3.19. The molecular formula is C20H19N3O2. The summed E-state index contributed by atoms with van der Waals surface area (Å²) in [6, 6.07) is 15.1. The standard InChI is InChI=1S/C20H19N3O2/c24-12-16(10-15-11-22-19-4-2-1-3-17(15)19)23-20(25)14-5-6-18-13(9-14)7-8-21-18/h1-9,11,16,21-22,24H,10,12H2,(H,23,25). The maximum Gasteiger partial charge on any atom is 0.251 e. The Bertz CT molecular complexity index is 1030. The third-order valence-corrected chi connectivity index (χ3v) is 4.51. The highest BCUT2D eigenvalue weighted by Crippen LogP contribution is 2.19. The van der Waals surface area contributed by atoms with Crippen LogP contribution in [0.3, 0.4) is 0 Å². The number of nitrogens with one attached hydrogen (secondary N) is 3. The van der Waals surface area contributed by atoms with Crippen LogP contribution in [0, 0.1) is 0 Å². The molecule has 0 saturated heterocycles. The molecule has 5 nitrogen and oxygen atoms in total. The minimum absolute atomic E-state index is 0.113. The average molecular weight is 333 g/mol. The van der Waals surface area contributed by atoms with Crippen molar-refractivity contribution in [3.63, 3.8) is 0 Å². The van der Waals surface area contributed by atoms with Crippen molar-refractivity contribution in [1.82, 2.24) is 15.3 Å². The second kappa shape index (κ2) is 6.45. The minimum atomic E-state index is -0.339. The van der Waals surface area contributed by atoms with Gasteiger partial charge in [-0.05, 0) is 42.3 Å². The zero-order valence-electron chi connectivity index (χ0n) is 13.6. The monoisotopic (exact) mass is 333 g/mol. The second-order valence-electron chi connectivity index (χ2n) is 6.20. The Hall–Kier alpha value is -3.05. The molecule has 0 bridgehead atoms. The third kappa shape index (κ3) is 3.02. The van der Waals surface area contributed by atoms with E-state index in [2.05, 4.69) is 15.3 Å². The first-order chi connectivity index (χ1) is 12.2. The number of fused-ring (bicyclic) bond motifs is 2. The van der Waals surface area contributed by atoms with E-state index in [1.54, 1.807) is 6.07 Å². The molecule has 0 aliphatic heterocycles. The Morgan fingerprint density at radius 1 is 1.08 bits per heavy atom. The number of benzene rings is 2. The van der Waals surface area contributed by atoms with Gasteiger partial charge in [0, 0.05) is 39.8 Å². The summed E-state index contributed by atoms with van der Waals surface area (Å²) < 4.78 is 0. The molecule has 0 fully saturated rings. The SMILES string of the molecule is O=C(NC(CO)Cc1c[nH]c2ccccc12)c1ccc2[nH]ccc2c1. The van der Waals surface area contributed by atoms with E-state index in [-0.39, 0.29) is 18.6 Å². The molecule has 1 amide bonds. The van der Waals surface area contributed by atoms with E-state index in [4.69, 9.17) is 0 Å². The molecule has 4 N–H and O–H groups in total. The first-order valence-corrected chi connectivity index (χ1v) is 8.28. The predicted molar refractivity (Wildman–Crippen MR) is 98.6 cm³/mol. The van der Waals surface area contributed by atoms with Gasteiger partial charge in [-0.25, -0.2) is 0 Å². The number of aromatic amines is 2. The highest BCUT2D eigenvalue weighted by atomic mass is 16.3. The van der Waals surface area contributed by atoms with Crippen molar-refractivity contribution in [2.75, 3.05) is 6.61 Å². The number of aliphatic hydroxyl groups is 1. The van der Waals surface area contributed by atoms with Crippen molar-refractivity contribution < 1.29 is 9.90 Å². The maximum absolute atomic E-state index is 12.5. The minimum Gasteiger partial charge on any atom is -0.394 e. The zero-order valence-corrected chi connectivity index (χ0v) is 13.6. The Morgan fingerprint density at radius 3 is 2.84 bits per heavy atom. The Balaban J connectivity index is 1.52. The molecule has 2 heterocycles. The quantitative estimate of drug-likeness (QED) is 0.453. The Kier molecular flexibility index (Phi) is 3.99. The van der Waals surface area contributed by atoms with Gasteiger partial charge in [0.05, 0.1) is 12.6 Å². The summed E-state index contributed by atoms with van der Waals surface area (Å²) in [5.41, 5.74) is 3.72. The fourth-order valence-corrected chi connectivity index (χ4v) is 3.19. The van der Waals surface area contributed by atoms with Crippen LogP contribution in [-0.4, -0.2) is 33.6 Å². The summed E-state index contributed by atoms with van der Waals surface area (Å²) in [6.45, 7) is -0.113. The molecule has 2 aromatic carbocycles. The predicted octanol–water partition coefficient (Wildman–Crippen LogP) is 2.98. The number of carbonyl (C=O) groups excluding carboxylic acids is 1. The molecule has 1 unspecified atom stereocenters. The summed E-state index contributed by atoms with van der Waals surface area (Å²) in [5.74, 6) is -0.179. The average Bonchev–Trinajstić information content (AvgIpc) is 3.27. The van der Waals surface area contributed by atoms with Crippen molar-refractivity contribution in [1.29, 1.82) is 0 Å². The molecule has 1 atom stereocenters. The van der Waals surface area contributed by atoms with Gasteiger partial charge in [-0.15, -0.1) is 0 Å². The van der Waals surface area contributed by atoms with E-state index in [0.29, 0.717) is 12.0 Å². The van der Waals surface area contributed by atoms with Crippen LogP contribution in [0.5, 0.6) is 0 Å². The van der Waals surface area contributed by atoms with Crippen LogP contribution < -0.4 is 5.32 Å². The topological polar surface area (TPSA) is 80.9 Å². The molecule has 0 saturated carbocycles. The highest BCUT2D eigenvalue weighted by molar-refractivity contribution is 5.98. The van der Waals surface area contributed by atoms with Crippen LogP contribution in [-0.2, 0) is 6.42 Å². The molecule has 0 aliphatic rings. The highest BCUT2D eigenvalue weighted by Gasteiger charge is 2.16. The summed E-state index contributed by atoms with van der Waals surface area (Å²) in [5, 5.41) is 14.7. The first-order valence-electron chi connectivity index (χ1n) is 8.28. The number of rotatable bonds is 5. The van der Waals surface area contributed by atoms with E-state index < -0.39 is 0 Å². The maximum atomic E-state index is 12.5. The lowest BCUT2D eigenvalue weighted by Crippen LogP contribution is -2.39. The lowest BCUT2D eigenvalue weighted by molar-refractivity contribution is 0.0916. The molecular weight excluding hydrogens is 314 g/mol. The van der Waals surface area contributed by atoms with E-state index in [1.807, 2.05) is 54.9 Å². The summed E-state index contributed by atoms with van der Waals surface area (Å²) in [4.78, 5) is 18.9. The summed E-state index contributed by atoms with van der Waals surface area (Å²) >= 11 is 0. The fraction of sp³-hybridized carbons (Fsp3) is 0.150. The van der Waals surface area contributed by atoms with Crippen LogP contribution >= 0.6 is 0 Å². The largest absolute Gasteiger partial charge is 0.394 e. The van der Waals surface area contributed by atoms with Crippen molar-refractivity contribution in [2.45, 2.75) is 12.5 Å². The van der Waals surface area contributed by atoms with Crippen molar-refractivity contribution in [3.8, 4) is 0 Å². The third-order valence-electron chi connectivity index (χ3n) is 4.51. The first kappa shape index (κ1) is 15.5. The molecule has 0 aliphatic carbocycles. The number of hydrogen-bond acceptors (Lipinski definition) is 2. The molecule has 5 heteroatoms.